The van der Waals surface area contributed by atoms with E-state index in [1.807, 2.05) is 13.8 Å². The van der Waals surface area contributed by atoms with Crippen LogP contribution in [-0.2, 0) is 11.2 Å². The minimum atomic E-state index is -2.52. The van der Waals surface area contributed by atoms with E-state index in [1.54, 1.807) is 4.90 Å². The van der Waals surface area contributed by atoms with Crippen LogP contribution in [0.5, 0.6) is 0 Å². The van der Waals surface area contributed by atoms with Crippen LogP contribution < -0.4 is 0 Å². The summed E-state index contributed by atoms with van der Waals surface area (Å²) in [6.07, 6.45) is 1.52. The Morgan fingerprint density at radius 1 is 1.25 bits per heavy atom. The number of carbonyl (C=O) groups excluding carboxylic acids is 1. The van der Waals surface area contributed by atoms with E-state index >= 15 is 0 Å². The third-order valence-corrected chi connectivity index (χ3v) is 5.82. The summed E-state index contributed by atoms with van der Waals surface area (Å²) in [7, 11) is 0. The van der Waals surface area contributed by atoms with Gasteiger partial charge in [0.05, 0.1) is 17.9 Å². The highest BCUT2D eigenvalue weighted by Gasteiger charge is 2.51. The van der Waals surface area contributed by atoms with Crippen molar-refractivity contribution in [2.75, 3.05) is 13.1 Å². The molecule has 0 unspecified atom stereocenters. The van der Waals surface area contributed by atoms with Crippen LogP contribution >= 0.6 is 0 Å². The largest absolute Gasteiger partial charge is 0.369 e. The molecule has 24 heavy (non-hydrogen) atoms. The molecule has 1 spiro atoms. The molecule has 1 amide bonds. The zero-order valence-corrected chi connectivity index (χ0v) is 14.1. The number of ether oxygens (including phenoxy) is 1. The highest BCUT2D eigenvalue weighted by atomic mass is 19.3. The number of hydrogen-bond donors (Lipinski definition) is 1. The van der Waals surface area contributed by atoms with Gasteiger partial charge in [0.15, 0.2) is 5.69 Å². The Morgan fingerprint density at radius 3 is 2.58 bits per heavy atom. The molecule has 0 aromatic carbocycles. The lowest BCUT2D eigenvalue weighted by atomic mass is 9.67. The summed E-state index contributed by atoms with van der Waals surface area (Å²) >= 11 is 0. The molecular weight excluding hydrogens is 316 g/mol. The Bertz CT molecular complexity index is 655. The van der Waals surface area contributed by atoms with Gasteiger partial charge in [-0.25, -0.2) is 8.78 Å². The Balaban J connectivity index is 1.46. The van der Waals surface area contributed by atoms with Crippen LogP contribution in [0, 0.1) is 5.41 Å². The molecule has 2 aliphatic heterocycles. The number of nitrogens with one attached hydrogen (secondary N) is 1. The van der Waals surface area contributed by atoms with Crippen LogP contribution in [-0.4, -0.2) is 46.1 Å². The first-order chi connectivity index (χ1) is 11.3. The van der Waals surface area contributed by atoms with E-state index in [9.17, 15) is 13.6 Å². The minimum Gasteiger partial charge on any atom is -0.369 e. The molecule has 3 aliphatic rings. The summed E-state index contributed by atoms with van der Waals surface area (Å²) in [5.41, 5.74) is 2.20. The smallest absolute Gasteiger partial charge is 0.274 e. The average Bonchev–Trinajstić information content (AvgIpc) is 2.89. The van der Waals surface area contributed by atoms with Gasteiger partial charge in [0.2, 0.25) is 5.92 Å². The normalized spacial score (nSPS) is 30.8. The van der Waals surface area contributed by atoms with Crippen LogP contribution in [0.1, 0.15) is 67.4 Å². The molecule has 1 aromatic heterocycles. The maximum Gasteiger partial charge on any atom is 0.274 e. The molecule has 5 nitrogen and oxygen atoms in total. The Kier molecular flexibility index (Phi) is 3.50. The average molecular weight is 339 g/mol. The zero-order chi connectivity index (χ0) is 17.1. The molecule has 1 saturated heterocycles. The molecular formula is C17H23F2N3O2. The van der Waals surface area contributed by atoms with Gasteiger partial charge in [-0.3, -0.25) is 9.89 Å². The number of aromatic amines is 1. The Morgan fingerprint density at radius 2 is 1.92 bits per heavy atom. The van der Waals surface area contributed by atoms with Crippen LogP contribution in [0.3, 0.4) is 0 Å². The third kappa shape index (κ3) is 2.53. The SMILES string of the molecule is C[C@@H]1Cc2c(C(=O)N3CC4(CCC(F)(F)CC4)C3)n[nH]c2[C@H](C)O1. The number of rotatable bonds is 1. The lowest BCUT2D eigenvalue weighted by Crippen LogP contribution is -2.60. The van der Waals surface area contributed by atoms with Crippen molar-refractivity contribution in [3.8, 4) is 0 Å². The van der Waals surface area contributed by atoms with Crippen molar-refractivity contribution in [1.82, 2.24) is 15.1 Å². The van der Waals surface area contributed by atoms with Crippen LogP contribution in [0.4, 0.5) is 8.78 Å². The summed E-state index contributed by atoms with van der Waals surface area (Å²) in [5.74, 6) is -2.61. The fourth-order valence-electron chi connectivity index (χ4n) is 4.37. The number of likely N-dealkylation sites (tertiary alicyclic amines) is 1. The van der Waals surface area contributed by atoms with Crippen molar-refractivity contribution < 1.29 is 18.3 Å². The topological polar surface area (TPSA) is 58.2 Å². The second-order valence-electron chi connectivity index (χ2n) is 7.77. The van der Waals surface area contributed by atoms with Gasteiger partial charge in [0.25, 0.3) is 5.91 Å². The fourth-order valence-corrected chi connectivity index (χ4v) is 4.37. The number of amides is 1. The standard InChI is InChI=1S/C17H23F2N3O2/c1-10-7-12-13(11(2)24-10)20-21-14(12)15(23)22-8-16(9-22)3-5-17(18,19)6-4-16/h10-11H,3-9H2,1-2H3,(H,20,21)/t10-,11+/m1/s1. The Hall–Kier alpha value is -1.50. The number of nitrogens with zero attached hydrogens (tertiary/aromatic N) is 2. The van der Waals surface area contributed by atoms with E-state index in [1.165, 1.54) is 0 Å². The van der Waals surface area contributed by atoms with Gasteiger partial charge in [-0.15, -0.1) is 0 Å². The number of hydrogen-bond acceptors (Lipinski definition) is 3. The molecule has 2 fully saturated rings. The van der Waals surface area contributed by atoms with E-state index in [0.29, 0.717) is 38.0 Å². The molecule has 1 aliphatic carbocycles. The van der Waals surface area contributed by atoms with Crippen molar-refractivity contribution in [2.24, 2.45) is 5.41 Å². The van der Waals surface area contributed by atoms with Gasteiger partial charge < -0.3 is 9.64 Å². The summed E-state index contributed by atoms with van der Waals surface area (Å²) in [5, 5.41) is 7.17. The first kappa shape index (κ1) is 16.0. The second kappa shape index (κ2) is 5.25. The molecule has 3 heterocycles. The van der Waals surface area contributed by atoms with Crippen LogP contribution in [0.25, 0.3) is 0 Å². The van der Waals surface area contributed by atoms with Crippen molar-refractivity contribution in [3.05, 3.63) is 17.0 Å². The monoisotopic (exact) mass is 339 g/mol. The fraction of sp³-hybridized carbons (Fsp3) is 0.765. The molecule has 1 aromatic rings. The van der Waals surface area contributed by atoms with Gasteiger partial charge in [0.1, 0.15) is 0 Å². The predicted octanol–water partition coefficient (Wildman–Crippen LogP) is 3.08. The molecule has 1 N–H and O–H groups in total. The molecule has 0 bridgehead atoms. The van der Waals surface area contributed by atoms with Gasteiger partial charge in [-0.05, 0) is 26.7 Å². The van der Waals surface area contributed by atoms with Crippen LogP contribution in [0.15, 0.2) is 0 Å². The summed E-state index contributed by atoms with van der Waals surface area (Å²) in [4.78, 5) is 14.5. The minimum absolute atomic E-state index is 0.0555. The van der Waals surface area contributed by atoms with Gasteiger partial charge in [-0.2, -0.15) is 5.10 Å². The van der Waals surface area contributed by atoms with E-state index in [2.05, 4.69) is 10.2 Å². The lowest BCUT2D eigenvalue weighted by molar-refractivity contribution is -0.103. The third-order valence-electron chi connectivity index (χ3n) is 5.82. The van der Waals surface area contributed by atoms with Gasteiger partial charge in [-0.1, -0.05) is 0 Å². The van der Waals surface area contributed by atoms with E-state index in [4.69, 9.17) is 4.74 Å². The summed E-state index contributed by atoms with van der Waals surface area (Å²) in [6, 6.07) is 0. The maximum absolute atomic E-state index is 13.3. The van der Waals surface area contributed by atoms with E-state index in [-0.39, 0.29) is 36.4 Å². The van der Waals surface area contributed by atoms with Crippen molar-refractivity contribution in [3.63, 3.8) is 0 Å². The quantitative estimate of drug-likeness (QED) is 0.855. The van der Waals surface area contributed by atoms with Crippen molar-refractivity contribution in [2.45, 2.75) is 64.1 Å². The highest BCUT2D eigenvalue weighted by Crippen LogP contribution is 2.49. The predicted molar refractivity (Wildman–Crippen MR) is 83.0 cm³/mol. The van der Waals surface area contributed by atoms with Crippen LogP contribution in [0.2, 0.25) is 0 Å². The van der Waals surface area contributed by atoms with Crippen molar-refractivity contribution in [1.29, 1.82) is 0 Å². The number of halogens is 2. The molecule has 0 radical (unpaired) electrons. The highest BCUT2D eigenvalue weighted by molar-refractivity contribution is 5.94. The maximum atomic E-state index is 13.3. The number of fused-ring (bicyclic) bond motifs is 1. The molecule has 4 rings (SSSR count). The summed E-state index contributed by atoms with van der Waals surface area (Å²) in [6.45, 7) is 5.08. The first-order valence-corrected chi connectivity index (χ1v) is 8.68. The van der Waals surface area contributed by atoms with E-state index in [0.717, 1.165) is 11.3 Å². The molecule has 7 heteroatoms. The van der Waals surface area contributed by atoms with Gasteiger partial charge >= 0.3 is 0 Å². The number of H-pyrrole nitrogens is 1. The Labute approximate surface area is 139 Å². The molecule has 132 valence electrons. The number of aromatic nitrogens is 2. The van der Waals surface area contributed by atoms with Crippen molar-refractivity contribution >= 4 is 5.91 Å². The first-order valence-electron chi connectivity index (χ1n) is 8.68. The second-order valence-corrected chi connectivity index (χ2v) is 7.77. The lowest BCUT2D eigenvalue weighted by Gasteiger charge is -2.53. The number of alkyl halides is 2. The summed E-state index contributed by atoms with van der Waals surface area (Å²) < 4.78 is 32.4. The molecule has 2 atom stereocenters. The zero-order valence-electron chi connectivity index (χ0n) is 14.1. The molecule has 1 saturated carbocycles. The van der Waals surface area contributed by atoms with Gasteiger partial charge in [0, 0.05) is 43.3 Å². The van der Waals surface area contributed by atoms with E-state index < -0.39 is 5.92 Å². The number of carbonyl (C=O) groups is 1.